The van der Waals surface area contributed by atoms with Crippen LogP contribution in [0.25, 0.3) is 0 Å². The van der Waals surface area contributed by atoms with Gasteiger partial charge >= 0.3 is 5.97 Å². The third-order valence-corrected chi connectivity index (χ3v) is 4.00. The fourth-order valence-electron chi connectivity index (χ4n) is 2.91. The quantitative estimate of drug-likeness (QED) is 0.860. The van der Waals surface area contributed by atoms with Crippen molar-refractivity contribution in [3.63, 3.8) is 0 Å². The predicted molar refractivity (Wildman–Crippen MR) is 79.9 cm³/mol. The second kappa shape index (κ2) is 7.22. The number of carboxylic acid groups (broad SMARTS) is 1. The van der Waals surface area contributed by atoms with Crippen molar-refractivity contribution >= 4 is 11.9 Å². The van der Waals surface area contributed by atoms with Crippen LogP contribution in [0.3, 0.4) is 0 Å². The Hall–Kier alpha value is -1.88. The summed E-state index contributed by atoms with van der Waals surface area (Å²) in [7, 11) is 1.66. The molecule has 1 aliphatic heterocycles. The third-order valence-electron chi connectivity index (χ3n) is 4.00. The summed E-state index contributed by atoms with van der Waals surface area (Å²) in [5.41, 5.74) is 1.82. The van der Waals surface area contributed by atoms with E-state index in [9.17, 15) is 9.59 Å². The predicted octanol–water partition coefficient (Wildman–Crippen LogP) is 1.41. The zero-order valence-corrected chi connectivity index (χ0v) is 12.3. The Bertz CT molecular complexity index is 516. The van der Waals surface area contributed by atoms with Crippen LogP contribution in [0.4, 0.5) is 0 Å². The highest BCUT2D eigenvalue weighted by atomic mass is 16.4. The molecule has 1 aromatic carbocycles. The number of carbonyl (C=O) groups excluding carboxylic acids is 1. The summed E-state index contributed by atoms with van der Waals surface area (Å²) < 4.78 is 0. The highest BCUT2D eigenvalue weighted by molar-refractivity contribution is 5.81. The molecule has 1 amide bonds. The average molecular weight is 290 g/mol. The van der Waals surface area contributed by atoms with E-state index in [1.165, 1.54) is 0 Å². The molecular weight excluding hydrogens is 268 g/mol. The van der Waals surface area contributed by atoms with Crippen LogP contribution in [0, 0.1) is 0 Å². The highest BCUT2D eigenvalue weighted by Crippen LogP contribution is 2.21. The second-order valence-electron chi connectivity index (χ2n) is 5.44. The van der Waals surface area contributed by atoms with E-state index in [-0.39, 0.29) is 18.4 Å². The Labute approximate surface area is 125 Å². The zero-order chi connectivity index (χ0) is 15.2. The van der Waals surface area contributed by atoms with E-state index in [0.29, 0.717) is 6.54 Å². The van der Waals surface area contributed by atoms with Crippen LogP contribution in [0.5, 0.6) is 0 Å². The molecule has 1 saturated heterocycles. The maximum Gasteiger partial charge on any atom is 0.307 e. The Morgan fingerprint density at radius 1 is 1.29 bits per heavy atom. The molecule has 1 fully saturated rings. The number of aliphatic carboxylic acids is 1. The van der Waals surface area contributed by atoms with Crippen molar-refractivity contribution in [2.75, 3.05) is 13.6 Å². The van der Waals surface area contributed by atoms with Gasteiger partial charge in [-0.15, -0.1) is 0 Å². The van der Waals surface area contributed by atoms with Gasteiger partial charge < -0.3 is 10.4 Å². The summed E-state index contributed by atoms with van der Waals surface area (Å²) in [5.74, 6) is -0.783. The van der Waals surface area contributed by atoms with Crippen molar-refractivity contribution < 1.29 is 14.7 Å². The number of likely N-dealkylation sites (tertiary alicyclic amines) is 1. The van der Waals surface area contributed by atoms with Crippen LogP contribution in [0.1, 0.15) is 30.4 Å². The van der Waals surface area contributed by atoms with E-state index in [0.717, 1.165) is 36.9 Å². The van der Waals surface area contributed by atoms with Crippen LogP contribution in [-0.4, -0.2) is 41.5 Å². The summed E-state index contributed by atoms with van der Waals surface area (Å²) in [5, 5.41) is 11.7. The fraction of sp³-hybridized carbons (Fsp3) is 0.500. The molecule has 0 radical (unpaired) electrons. The summed E-state index contributed by atoms with van der Waals surface area (Å²) in [4.78, 5) is 25.1. The zero-order valence-electron chi connectivity index (χ0n) is 12.3. The number of hydrogen-bond acceptors (Lipinski definition) is 3. The lowest BCUT2D eigenvalue weighted by molar-refractivity contribution is -0.136. The van der Waals surface area contributed by atoms with Gasteiger partial charge in [-0.2, -0.15) is 0 Å². The largest absolute Gasteiger partial charge is 0.481 e. The molecule has 1 aromatic rings. The number of carbonyl (C=O) groups is 2. The minimum Gasteiger partial charge on any atom is -0.481 e. The number of carboxylic acids is 1. The van der Waals surface area contributed by atoms with Gasteiger partial charge in [0.2, 0.25) is 5.91 Å². The lowest BCUT2D eigenvalue weighted by Gasteiger charge is -2.34. The first kappa shape index (κ1) is 15.5. The molecule has 0 aliphatic carbocycles. The van der Waals surface area contributed by atoms with Gasteiger partial charge in [0.05, 0.1) is 12.5 Å². The first-order valence-electron chi connectivity index (χ1n) is 7.36. The van der Waals surface area contributed by atoms with Gasteiger partial charge in [-0.25, -0.2) is 0 Å². The van der Waals surface area contributed by atoms with E-state index in [1.54, 1.807) is 7.05 Å². The molecule has 1 unspecified atom stereocenters. The molecule has 5 heteroatoms. The highest BCUT2D eigenvalue weighted by Gasteiger charge is 2.28. The Kier molecular flexibility index (Phi) is 5.33. The minimum absolute atomic E-state index is 0.0225. The van der Waals surface area contributed by atoms with Crippen LogP contribution in [-0.2, 0) is 22.6 Å². The molecule has 0 spiro atoms. The van der Waals surface area contributed by atoms with Gasteiger partial charge in [-0.05, 0) is 30.5 Å². The smallest absolute Gasteiger partial charge is 0.307 e. The normalized spacial score (nSPS) is 19.2. The molecule has 0 aromatic heterocycles. The SMILES string of the molecule is CNC(=O)C1CCCCN1Cc1ccccc1CC(=O)O. The minimum atomic E-state index is -0.830. The molecule has 5 nitrogen and oxygen atoms in total. The molecule has 114 valence electrons. The van der Waals surface area contributed by atoms with Crippen molar-refractivity contribution in [1.29, 1.82) is 0 Å². The number of hydrogen-bond donors (Lipinski definition) is 2. The lowest BCUT2D eigenvalue weighted by atomic mass is 9.98. The Morgan fingerprint density at radius 3 is 2.67 bits per heavy atom. The van der Waals surface area contributed by atoms with Gasteiger partial charge in [0.25, 0.3) is 0 Å². The van der Waals surface area contributed by atoms with E-state index in [4.69, 9.17) is 5.11 Å². The topological polar surface area (TPSA) is 69.6 Å². The molecule has 0 saturated carbocycles. The number of nitrogens with one attached hydrogen (secondary N) is 1. The van der Waals surface area contributed by atoms with Crippen LogP contribution >= 0.6 is 0 Å². The van der Waals surface area contributed by atoms with Crippen molar-refractivity contribution in [2.24, 2.45) is 0 Å². The molecule has 2 N–H and O–H groups in total. The van der Waals surface area contributed by atoms with E-state index >= 15 is 0 Å². The van der Waals surface area contributed by atoms with E-state index in [2.05, 4.69) is 10.2 Å². The maximum absolute atomic E-state index is 12.0. The molecule has 1 atom stereocenters. The Balaban J connectivity index is 2.15. The summed E-state index contributed by atoms with van der Waals surface area (Å²) in [6.45, 7) is 1.50. The summed E-state index contributed by atoms with van der Waals surface area (Å²) in [6.07, 6.45) is 3.02. The third kappa shape index (κ3) is 4.04. The molecule has 1 aliphatic rings. The molecular formula is C16H22N2O3. The van der Waals surface area contributed by atoms with Gasteiger partial charge in [0, 0.05) is 13.6 Å². The van der Waals surface area contributed by atoms with E-state index in [1.807, 2.05) is 24.3 Å². The van der Waals surface area contributed by atoms with E-state index < -0.39 is 5.97 Å². The first-order valence-corrected chi connectivity index (χ1v) is 7.36. The van der Waals surface area contributed by atoms with Crippen molar-refractivity contribution in [2.45, 2.75) is 38.3 Å². The number of nitrogens with zero attached hydrogens (tertiary/aromatic N) is 1. The summed E-state index contributed by atoms with van der Waals surface area (Å²) in [6, 6.07) is 7.46. The number of rotatable bonds is 5. The van der Waals surface area contributed by atoms with Gasteiger partial charge in [0.15, 0.2) is 0 Å². The van der Waals surface area contributed by atoms with Crippen LogP contribution < -0.4 is 5.32 Å². The number of benzene rings is 1. The van der Waals surface area contributed by atoms with Crippen LogP contribution in [0.15, 0.2) is 24.3 Å². The maximum atomic E-state index is 12.0. The summed E-state index contributed by atoms with van der Waals surface area (Å²) >= 11 is 0. The van der Waals surface area contributed by atoms with Crippen molar-refractivity contribution in [3.05, 3.63) is 35.4 Å². The van der Waals surface area contributed by atoms with Gasteiger partial charge in [-0.1, -0.05) is 30.7 Å². The van der Waals surface area contributed by atoms with Crippen molar-refractivity contribution in [1.82, 2.24) is 10.2 Å². The van der Waals surface area contributed by atoms with Crippen molar-refractivity contribution in [3.8, 4) is 0 Å². The number of likely N-dealkylation sites (N-methyl/N-ethyl adjacent to an activating group) is 1. The first-order chi connectivity index (χ1) is 10.1. The molecule has 1 heterocycles. The average Bonchev–Trinajstić information content (AvgIpc) is 2.48. The monoisotopic (exact) mass is 290 g/mol. The standard InChI is InChI=1S/C16H22N2O3/c1-17-16(21)14-8-4-5-9-18(14)11-13-7-3-2-6-12(13)10-15(19)20/h2-3,6-7,14H,4-5,8-11H2,1H3,(H,17,21)(H,19,20). The Morgan fingerprint density at radius 2 is 2.00 bits per heavy atom. The molecule has 2 rings (SSSR count). The fourth-order valence-corrected chi connectivity index (χ4v) is 2.91. The number of piperidine rings is 1. The van der Waals surface area contributed by atoms with Gasteiger partial charge in [-0.3, -0.25) is 14.5 Å². The second-order valence-corrected chi connectivity index (χ2v) is 5.44. The lowest BCUT2D eigenvalue weighted by Crippen LogP contribution is -2.48. The number of amides is 1. The van der Waals surface area contributed by atoms with Crippen LogP contribution in [0.2, 0.25) is 0 Å². The molecule has 0 bridgehead atoms. The van der Waals surface area contributed by atoms with Gasteiger partial charge in [0.1, 0.15) is 0 Å². The molecule has 21 heavy (non-hydrogen) atoms.